The molecule has 0 bridgehead atoms. The predicted octanol–water partition coefficient (Wildman–Crippen LogP) is 4.61. The molecular formula is C15H14ClFOS. The summed E-state index contributed by atoms with van der Waals surface area (Å²) in [6.45, 7) is 1.88. The maximum absolute atomic E-state index is 13.6. The second-order valence-electron chi connectivity index (χ2n) is 4.31. The van der Waals surface area contributed by atoms with Crippen LogP contribution in [0.4, 0.5) is 4.39 Å². The Balaban J connectivity index is 2.03. The van der Waals surface area contributed by atoms with Crippen molar-refractivity contribution >= 4 is 23.4 Å². The molecule has 2 aromatic carbocycles. The zero-order valence-corrected chi connectivity index (χ0v) is 12.0. The van der Waals surface area contributed by atoms with Gasteiger partial charge in [0.25, 0.3) is 0 Å². The Hall–Kier alpha value is -1.03. The molecule has 0 saturated carbocycles. The van der Waals surface area contributed by atoms with Crippen LogP contribution in [0.3, 0.4) is 0 Å². The second kappa shape index (κ2) is 6.42. The summed E-state index contributed by atoms with van der Waals surface area (Å²) in [7, 11) is 0. The van der Waals surface area contributed by atoms with Crippen LogP contribution >= 0.6 is 23.4 Å². The fourth-order valence-corrected chi connectivity index (χ4v) is 2.70. The van der Waals surface area contributed by atoms with E-state index in [1.807, 2.05) is 19.1 Å². The summed E-state index contributed by atoms with van der Waals surface area (Å²) < 4.78 is 13.6. The first-order valence-corrected chi connectivity index (χ1v) is 7.25. The van der Waals surface area contributed by atoms with Gasteiger partial charge in [0.2, 0.25) is 0 Å². The number of rotatable bonds is 4. The van der Waals surface area contributed by atoms with Crippen molar-refractivity contribution in [1.29, 1.82) is 0 Å². The Kier molecular flexibility index (Phi) is 4.86. The van der Waals surface area contributed by atoms with E-state index in [-0.39, 0.29) is 5.82 Å². The molecule has 1 unspecified atom stereocenters. The van der Waals surface area contributed by atoms with Gasteiger partial charge in [-0.25, -0.2) is 4.39 Å². The predicted molar refractivity (Wildman–Crippen MR) is 78.3 cm³/mol. The van der Waals surface area contributed by atoms with Crippen molar-refractivity contribution in [2.24, 2.45) is 0 Å². The maximum atomic E-state index is 13.6. The van der Waals surface area contributed by atoms with E-state index >= 15 is 0 Å². The van der Waals surface area contributed by atoms with E-state index in [0.29, 0.717) is 16.3 Å². The summed E-state index contributed by atoms with van der Waals surface area (Å²) in [5.74, 6) is 0.0388. The molecule has 1 N–H and O–H groups in total. The summed E-state index contributed by atoms with van der Waals surface area (Å²) in [4.78, 5) is 0.997. The molecule has 2 aromatic rings. The van der Waals surface area contributed by atoms with Gasteiger partial charge in [-0.15, -0.1) is 11.8 Å². The van der Waals surface area contributed by atoms with Gasteiger partial charge in [0.05, 0.1) is 6.10 Å². The van der Waals surface area contributed by atoms with Gasteiger partial charge in [0.1, 0.15) is 5.82 Å². The molecule has 0 amide bonds. The van der Waals surface area contributed by atoms with Crippen LogP contribution in [-0.2, 0) is 0 Å². The normalized spacial score (nSPS) is 12.4. The van der Waals surface area contributed by atoms with Gasteiger partial charge < -0.3 is 5.11 Å². The molecule has 0 fully saturated rings. The first-order valence-electron chi connectivity index (χ1n) is 5.89. The largest absolute Gasteiger partial charge is 0.387 e. The number of hydrogen-bond donors (Lipinski definition) is 1. The molecule has 0 aliphatic carbocycles. The Bertz CT molecular complexity index is 557. The average molecular weight is 297 g/mol. The molecule has 0 aromatic heterocycles. The van der Waals surface area contributed by atoms with E-state index in [0.717, 1.165) is 10.5 Å². The van der Waals surface area contributed by atoms with Crippen LogP contribution in [0.15, 0.2) is 47.4 Å². The van der Waals surface area contributed by atoms with Crippen molar-refractivity contribution in [2.45, 2.75) is 17.9 Å². The minimum atomic E-state index is -0.819. The van der Waals surface area contributed by atoms with Crippen LogP contribution in [-0.4, -0.2) is 10.9 Å². The summed E-state index contributed by atoms with van der Waals surface area (Å²) in [5, 5.41) is 10.7. The molecule has 0 saturated heterocycles. The zero-order valence-electron chi connectivity index (χ0n) is 10.4. The van der Waals surface area contributed by atoms with Gasteiger partial charge in [0, 0.05) is 21.2 Å². The van der Waals surface area contributed by atoms with Gasteiger partial charge in [-0.05, 0) is 37.3 Å². The number of aryl methyl sites for hydroxylation is 1. The number of benzene rings is 2. The topological polar surface area (TPSA) is 20.2 Å². The second-order valence-corrected chi connectivity index (χ2v) is 5.84. The number of thioether (sulfide) groups is 1. The first-order chi connectivity index (χ1) is 9.06. The van der Waals surface area contributed by atoms with Crippen LogP contribution in [0.25, 0.3) is 0 Å². The van der Waals surface area contributed by atoms with Gasteiger partial charge in [-0.3, -0.25) is 0 Å². The Morgan fingerprint density at radius 3 is 2.58 bits per heavy atom. The summed E-state index contributed by atoms with van der Waals surface area (Å²) in [6.07, 6.45) is -0.819. The minimum absolute atomic E-state index is 0.349. The van der Waals surface area contributed by atoms with Crippen molar-refractivity contribution in [1.82, 2.24) is 0 Å². The molecule has 0 heterocycles. The number of aliphatic hydroxyl groups excluding tert-OH is 1. The van der Waals surface area contributed by atoms with Crippen molar-refractivity contribution in [3.8, 4) is 0 Å². The highest BCUT2D eigenvalue weighted by Crippen LogP contribution is 2.27. The monoisotopic (exact) mass is 296 g/mol. The molecule has 19 heavy (non-hydrogen) atoms. The fraction of sp³-hybridized carbons (Fsp3) is 0.200. The fourth-order valence-electron chi connectivity index (χ4n) is 1.71. The highest BCUT2D eigenvalue weighted by atomic mass is 35.5. The molecule has 0 aliphatic heterocycles. The van der Waals surface area contributed by atoms with Gasteiger partial charge in [-0.1, -0.05) is 29.3 Å². The van der Waals surface area contributed by atoms with Crippen LogP contribution in [0, 0.1) is 12.7 Å². The van der Waals surface area contributed by atoms with Crippen molar-refractivity contribution in [3.05, 3.63) is 64.4 Å². The molecule has 0 aliphatic rings. The molecule has 4 heteroatoms. The standard InChI is InChI=1S/C15H14ClFOS/c1-10-2-7-14(17)13(8-10)15(18)9-19-12-5-3-11(16)4-6-12/h2-8,15,18H,9H2,1H3. The van der Waals surface area contributed by atoms with E-state index in [1.165, 1.54) is 17.8 Å². The van der Waals surface area contributed by atoms with E-state index in [1.54, 1.807) is 24.3 Å². The third-order valence-electron chi connectivity index (χ3n) is 2.73. The summed E-state index contributed by atoms with van der Waals surface area (Å²) >= 11 is 7.27. The van der Waals surface area contributed by atoms with Crippen LogP contribution in [0.2, 0.25) is 5.02 Å². The lowest BCUT2D eigenvalue weighted by Crippen LogP contribution is -2.04. The SMILES string of the molecule is Cc1ccc(F)c(C(O)CSc2ccc(Cl)cc2)c1. The van der Waals surface area contributed by atoms with E-state index in [9.17, 15) is 9.50 Å². The van der Waals surface area contributed by atoms with Crippen LogP contribution < -0.4 is 0 Å². The van der Waals surface area contributed by atoms with Crippen molar-refractivity contribution in [2.75, 3.05) is 5.75 Å². The molecule has 0 spiro atoms. The van der Waals surface area contributed by atoms with Crippen molar-refractivity contribution in [3.63, 3.8) is 0 Å². The van der Waals surface area contributed by atoms with Crippen molar-refractivity contribution < 1.29 is 9.50 Å². The lowest BCUT2D eigenvalue weighted by atomic mass is 10.1. The third-order valence-corrected chi connectivity index (χ3v) is 4.07. The highest BCUT2D eigenvalue weighted by molar-refractivity contribution is 7.99. The quantitative estimate of drug-likeness (QED) is 0.831. The lowest BCUT2D eigenvalue weighted by Gasteiger charge is -2.12. The number of aliphatic hydroxyl groups is 1. The maximum Gasteiger partial charge on any atom is 0.129 e. The molecule has 1 nitrogen and oxygen atoms in total. The van der Waals surface area contributed by atoms with Crippen LogP contribution in [0.5, 0.6) is 0 Å². The van der Waals surface area contributed by atoms with E-state index in [4.69, 9.17) is 11.6 Å². The van der Waals surface area contributed by atoms with Gasteiger partial charge in [-0.2, -0.15) is 0 Å². The Morgan fingerprint density at radius 1 is 1.21 bits per heavy atom. The van der Waals surface area contributed by atoms with E-state index < -0.39 is 6.10 Å². The molecule has 0 radical (unpaired) electrons. The highest BCUT2D eigenvalue weighted by Gasteiger charge is 2.13. The number of halogens is 2. The minimum Gasteiger partial charge on any atom is -0.387 e. The first kappa shape index (κ1) is 14.4. The summed E-state index contributed by atoms with van der Waals surface area (Å²) in [6, 6.07) is 12.1. The molecule has 100 valence electrons. The zero-order chi connectivity index (χ0) is 13.8. The average Bonchev–Trinajstić information content (AvgIpc) is 2.40. The molecular weight excluding hydrogens is 283 g/mol. The van der Waals surface area contributed by atoms with Gasteiger partial charge >= 0.3 is 0 Å². The summed E-state index contributed by atoms with van der Waals surface area (Å²) in [5.41, 5.74) is 1.29. The number of hydrogen-bond acceptors (Lipinski definition) is 2. The Morgan fingerprint density at radius 2 is 1.89 bits per heavy atom. The lowest BCUT2D eigenvalue weighted by molar-refractivity contribution is 0.199. The molecule has 1 atom stereocenters. The van der Waals surface area contributed by atoms with E-state index in [2.05, 4.69) is 0 Å². The third kappa shape index (κ3) is 3.96. The van der Waals surface area contributed by atoms with Crippen LogP contribution in [0.1, 0.15) is 17.2 Å². The smallest absolute Gasteiger partial charge is 0.129 e. The molecule has 2 rings (SSSR count). The van der Waals surface area contributed by atoms with Gasteiger partial charge in [0.15, 0.2) is 0 Å². The Labute approximate surface area is 121 Å².